The van der Waals surface area contributed by atoms with Crippen molar-refractivity contribution in [1.29, 1.82) is 0 Å². The number of hydrogen-bond acceptors (Lipinski definition) is 8. The largest absolute Gasteiger partial charge is 0.481 e. The van der Waals surface area contributed by atoms with Crippen molar-refractivity contribution in [3.8, 4) is 0 Å². The van der Waals surface area contributed by atoms with Crippen molar-refractivity contribution in [3.63, 3.8) is 0 Å². The van der Waals surface area contributed by atoms with Crippen molar-refractivity contribution >= 4 is 57.1 Å². The fourth-order valence-electron chi connectivity index (χ4n) is 3.40. The molecule has 0 unspecified atom stereocenters. The molecular weight excluding hydrogens is 522 g/mol. The quantitative estimate of drug-likeness (QED) is 0.111. The molecule has 0 radical (unpaired) electrons. The average molecular weight is 554 g/mol. The first-order valence-electron chi connectivity index (χ1n) is 11.4. The van der Waals surface area contributed by atoms with Gasteiger partial charge in [0.2, 0.25) is 17.7 Å². The van der Waals surface area contributed by atoms with Gasteiger partial charge < -0.3 is 37.4 Å². The highest BCUT2D eigenvalue weighted by Crippen LogP contribution is 2.34. The number of aliphatic carboxylic acids is 1. The van der Waals surface area contributed by atoms with Gasteiger partial charge in [0.05, 0.1) is 18.5 Å². The zero-order valence-electron chi connectivity index (χ0n) is 20.3. The number of nitrogens with zero attached hydrogens (tertiary/aromatic N) is 2. The molecule has 4 amide bonds. The molecule has 8 N–H and O–H groups in total. The maximum absolute atomic E-state index is 13.4. The van der Waals surface area contributed by atoms with Crippen LogP contribution in [0.2, 0.25) is 0 Å². The lowest BCUT2D eigenvalue weighted by Crippen LogP contribution is -2.53. The molecule has 202 valence electrons. The van der Waals surface area contributed by atoms with E-state index in [1.165, 1.54) is 33.5 Å². The third-order valence-electron chi connectivity index (χ3n) is 5.22. The van der Waals surface area contributed by atoms with Crippen LogP contribution < -0.4 is 27.4 Å². The summed E-state index contributed by atoms with van der Waals surface area (Å²) in [5.74, 6) is -3.28. The predicted octanol–water partition coefficient (Wildman–Crippen LogP) is -0.873. The number of nitrogens with one attached hydrogen (secondary N) is 3. The number of amides is 4. The highest BCUT2D eigenvalue weighted by Gasteiger charge is 2.30. The molecule has 0 aromatic heterocycles. The monoisotopic (exact) mass is 553 g/mol. The molecule has 0 fully saturated rings. The maximum Gasteiger partial charge on any atom is 0.305 e. The SMILES string of the molecule is CN1C(=O)c2ccccc2SSCCNC(=O)[C@@H](CC(=O)O)NC(=O)CNC(=O)[C@H]1CCCN=C(N)N. The van der Waals surface area contributed by atoms with Crippen LogP contribution >= 0.6 is 21.6 Å². The molecule has 15 heteroatoms. The summed E-state index contributed by atoms with van der Waals surface area (Å²) in [7, 11) is 4.23. The summed E-state index contributed by atoms with van der Waals surface area (Å²) in [6.45, 7) is -0.0618. The molecule has 0 saturated carbocycles. The van der Waals surface area contributed by atoms with Crippen LogP contribution in [-0.2, 0) is 19.2 Å². The van der Waals surface area contributed by atoms with E-state index in [2.05, 4.69) is 20.9 Å². The number of carbonyl (C=O) groups is 5. The van der Waals surface area contributed by atoms with Crippen molar-refractivity contribution in [3.05, 3.63) is 29.8 Å². The number of aliphatic imine (C=N–C) groups is 1. The number of fused-ring (bicyclic) bond motifs is 1. The van der Waals surface area contributed by atoms with Gasteiger partial charge >= 0.3 is 5.97 Å². The number of likely N-dealkylation sites (N-methyl/N-ethyl adjacent to an activating group) is 1. The molecule has 0 bridgehead atoms. The molecule has 0 saturated heterocycles. The minimum atomic E-state index is -1.31. The van der Waals surface area contributed by atoms with E-state index < -0.39 is 48.7 Å². The maximum atomic E-state index is 13.4. The summed E-state index contributed by atoms with van der Waals surface area (Å²) >= 11 is 0. The van der Waals surface area contributed by atoms with Crippen LogP contribution in [0.4, 0.5) is 0 Å². The number of hydrogen-bond donors (Lipinski definition) is 6. The van der Waals surface area contributed by atoms with Crippen LogP contribution in [0.25, 0.3) is 0 Å². The Kier molecular flexibility index (Phi) is 12.0. The van der Waals surface area contributed by atoms with Gasteiger partial charge in [-0.1, -0.05) is 33.7 Å². The standard InChI is InChI=1S/C22H31N7O6S2/c1-29-15(6-4-8-26-22(23)24)20(34)27-12-17(30)28-14(11-18(31)32)19(33)25-9-10-36-37-16-7-3-2-5-13(16)21(29)35/h2-3,5,7,14-15H,4,6,8-12H2,1H3,(H,25,33)(H,27,34)(H,28,30)(H,31,32)(H4,23,24,26)/t14-,15-/m1/s1. The lowest BCUT2D eigenvalue weighted by Gasteiger charge is -2.28. The van der Waals surface area contributed by atoms with Crippen molar-refractivity contribution in [2.24, 2.45) is 16.5 Å². The number of carboxylic acids is 1. The minimum absolute atomic E-state index is 0.0946. The minimum Gasteiger partial charge on any atom is -0.481 e. The van der Waals surface area contributed by atoms with Gasteiger partial charge in [0.1, 0.15) is 12.1 Å². The highest BCUT2D eigenvalue weighted by atomic mass is 33.1. The van der Waals surface area contributed by atoms with Gasteiger partial charge in [0.25, 0.3) is 5.91 Å². The number of carboxylic acid groups (broad SMARTS) is 1. The molecule has 2 rings (SSSR count). The Morgan fingerprint density at radius 2 is 1.89 bits per heavy atom. The Morgan fingerprint density at radius 3 is 2.59 bits per heavy atom. The van der Waals surface area contributed by atoms with E-state index in [4.69, 9.17) is 16.6 Å². The Balaban J connectivity index is 2.31. The predicted molar refractivity (Wildman–Crippen MR) is 141 cm³/mol. The van der Waals surface area contributed by atoms with Gasteiger partial charge in [0, 0.05) is 30.8 Å². The second-order valence-electron chi connectivity index (χ2n) is 8.01. The van der Waals surface area contributed by atoms with Crippen molar-refractivity contribution in [1.82, 2.24) is 20.9 Å². The van der Waals surface area contributed by atoms with Gasteiger partial charge in [-0.3, -0.25) is 29.0 Å². The summed E-state index contributed by atoms with van der Waals surface area (Å²) in [5.41, 5.74) is 11.1. The van der Waals surface area contributed by atoms with Crippen LogP contribution in [0.3, 0.4) is 0 Å². The number of guanidine groups is 1. The second kappa shape index (κ2) is 14.9. The smallest absolute Gasteiger partial charge is 0.305 e. The number of carbonyl (C=O) groups excluding carboxylic acids is 4. The topological polar surface area (TPSA) is 209 Å². The summed E-state index contributed by atoms with van der Waals surface area (Å²) in [4.78, 5) is 68.5. The molecule has 2 atom stereocenters. The zero-order valence-corrected chi connectivity index (χ0v) is 21.9. The lowest BCUT2D eigenvalue weighted by molar-refractivity contribution is -0.140. The van der Waals surface area contributed by atoms with Crippen molar-refractivity contribution < 1.29 is 29.1 Å². The first-order valence-corrected chi connectivity index (χ1v) is 13.7. The Labute approximate surface area is 221 Å². The second-order valence-corrected chi connectivity index (χ2v) is 10.5. The molecule has 1 aromatic rings. The molecule has 1 aromatic carbocycles. The van der Waals surface area contributed by atoms with E-state index in [9.17, 15) is 24.0 Å². The Morgan fingerprint density at radius 1 is 1.16 bits per heavy atom. The van der Waals surface area contributed by atoms with E-state index in [1.54, 1.807) is 24.3 Å². The van der Waals surface area contributed by atoms with Crippen molar-refractivity contribution in [2.75, 3.05) is 32.4 Å². The van der Waals surface area contributed by atoms with Crippen LogP contribution in [0.1, 0.15) is 29.6 Å². The summed E-state index contributed by atoms with van der Waals surface area (Å²) in [5, 5.41) is 16.5. The Bertz CT molecular complexity index is 1030. The van der Waals surface area contributed by atoms with Gasteiger partial charge in [-0.25, -0.2) is 0 Å². The lowest BCUT2D eigenvalue weighted by atomic mass is 10.1. The molecular formula is C22H31N7O6S2. The molecule has 1 aliphatic heterocycles. The van der Waals surface area contributed by atoms with Crippen molar-refractivity contribution in [2.45, 2.75) is 36.2 Å². The molecule has 37 heavy (non-hydrogen) atoms. The Hall–Kier alpha value is -3.46. The first kappa shape index (κ1) is 29.8. The third kappa shape index (κ3) is 9.84. The van der Waals surface area contributed by atoms with E-state index in [1.807, 2.05) is 0 Å². The summed E-state index contributed by atoms with van der Waals surface area (Å²) in [6.07, 6.45) is -0.0288. The third-order valence-corrected chi connectivity index (χ3v) is 7.64. The van der Waals surface area contributed by atoms with Crippen LogP contribution in [0.5, 0.6) is 0 Å². The van der Waals surface area contributed by atoms with Crippen LogP contribution in [-0.4, -0.2) is 90.1 Å². The van der Waals surface area contributed by atoms with Gasteiger partial charge in [-0.05, 0) is 25.0 Å². The number of benzene rings is 1. The van der Waals surface area contributed by atoms with E-state index in [0.717, 1.165) is 0 Å². The summed E-state index contributed by atoms with van der Waals surface area (Å²) in [6, 6.07) is 4.70. The van der Waals surface area contributed by atoms with E-state index in [-0.39, 0.29) is 31.4 Å². The number of nitrogens with two attached hydrogens (primary N) is 2. The summed E-state index contributed by atoms with van der Waals surface area (Å²) < 4.78 is 0. The van der Waals surface area contributed by atoms with Gasteiger partial charge in [-0.2, -0.15) is 0 Å². The van der Waals surface area contributed by atoms with Gasteiger partial charge in [0.15, 0.2) is 5.96 Å². The van der Waals surface area contributed by atoms with E-state index in [0.29, 0.717) is 22.6 Å². The fourth-order valence-corrected chi connectivity index (χ4v) is 5.49. The van der Waals surface area contributed by atoms with Crippen LogP contribution in [0, 0.1) is 0 Å². The van der Waals surface area contributed by atoms with Crippen LogP contribution in [0.15, 0.2) is 34.2 Å². The molecule has 13 nitrogen and oxygen atoms in total. The molecule has 1 heterocycles. The van der Waals surface area contributed by atoms with E-state index >= 15 is 0 Å². The zero-order chi connectivity index (χ0) is 27.4. The van der Waals surface area contributed by atoms with Gasteiger partial charge in [-0.15, -0.1) is 0 Å². The molecule has 0 spiro atoms. The fraction of sp³-hybridized carbons (Fsp3) is 0.455. The average Bonchev–Trinajstić information content (AvgIpc) is 2.85. The molecule has 1 aliphatic rings. The highest BCUT2D eigenvalue weighted by molar-refractivity contribution is 8.76. The molecule has 0 aliphatic carbocycles. The first-order chi connectivity index (χ1) is 17.6. The number of rotatable bonds is 6. The normalized spacial score (nSPS) is 20.1.